The number of carbonyl (C=O) groups is 1. The van der Waals surface area contributed by atoms with Crippen molar-refractivity contribution in [1.82, 2.24) is 0 Å². The van der Waals surface area contributed by atoms with E-state index in [-0.39, 0.29) is 0 Å². The Morgan fingerprint density at radius 2 is 1.70 bits per heavy atom. The molecular formula is C16H12F3NO2S. The molecule has 120 valence electrons. The normalized spacial score (nSPS) is 21.3. The van der Waals surface area contributed by atoms with Gasteiger partial charge in [0.2, 0.25) is 0 Å². The number of fused-ring (bicyclic) bond motifs is 1. The molecule has 1 aliphatic heterocycles. The highest BCUT2D eigenvalue weighted by Crippen LogP contribution is 2.44. The number of halogens is 3. The molecule has 7 heteroatoms. The van der Waals surface area contributed by atoms with E-state index in [2.05, 4.69) is 5.32 Å². The third-order valence-corrected chi connectivity index (χ3v) is 4.91. The first-order valence-corrected chi connectivity index (χ1v) is 7.66. The Bertz CT molecular complexity index is 731. The van der Waals surface area contributed by atoms with Crippen molar-refractivity contribution in [1.29, 1.82) is 0 Å². The molecule has 1 aliphatic rings. The van der Waals surface area contributed by atoms with Crippen LogP contribution in [0.25, 0.3) is 0 Å². The van der Waals surface area contributed by atoms with Gasteiger partial charge in [0.25, 0.3) is 5.91 Å². The van der Waals surface area contributed by atoms with Crippen LogP contribution in [0.5, 0.6) is 0 Å². The summed E-state index contributed by atoms with van der Waals surface area (Å²) in [4.78, 5) is 12.8. The summed E-state index contributed by atoms with van der Waals surface area (Å²) in [5.74, 6) is -0.577. The van der Waals surface area contributed by atoms with Crippen LogP contribution in [0.4, 0.5) is 18.9 Å². The lowest BCUT2D eigenvalue weighted by Gasteiger charge is -2.19. The first kappa shape index (κ1) is 15.9. The van der Waals surface area contributed by atoms with E-state index in [1.807, 2.05) is 0 Å². The highest BCUT2D eigenvalue weighted by Gasteiger charge is 2.34. The first-order valence-electron chi connectivity index (χ1n) is 6.78. The van der Waals surface area contributed by atoms with Crippen LogP contribution in [-0.4, -0.2) is 17.1 Å². The number of thioether (sulfide) groups is 1. The molecule has 0 radical (unpaired) electrons. The second kappa shape index (κ2) is 5.90. The van der Waals surface area contributed by atoms with E-state index in [1.165, 1.54) is 23.9 Å². The molecule has 2 N–H and O–H groups in total. The number of hydrogen-bond donors (Lipinski definition) is 2. The standard InChI is InChI=1S/C16H12F3NO2S/c17-16(18,19)10-7-5-9(6-8-10)14-13(21)15(22)20-11-3-1-2-4-12(11)23-14/h1-8,13-14,21H,(H,20,22). The predicted molar refractivity (Wildman–Crippen MR) is 81.1 cm³/mol. The van der Waals surface area contributed by atoms with E-state index >= 15 is 0 Å². The maximum absolute atomic E-state index is 12.6. The number of carbonyl (C=O) groups excluding carboxylic acids is 1. The Labute approximate surface area is 134 Å². The van der Waals surface area contributed by atoms with Crippen molar-refractivity contribution in [3.05, 3.63) is 59.7 Å². The van der Waals surface area contributed by atoms with Gasteiger partial charge in [-0.25, -0.2) is 0 Å². The van der Waals surface area contributed by atoms with E-state index in [0.29, 0.717) is 11.3 Å². The average Bonchev–Trinajstić information content (AvgIpc) is 2.64. The van der Waals surface area contributed by atoms with E-state index < -0.39 is 29.0 Å². The zero-order chi connectivity index (χ0) is 16.6. The Morgan fingerprint density at radius 1 is 1.04 bits per heavy atom. The fourth-order valence-corrected chi connectivity index (χ4v) is 3.55. The van der Waals surface area contributed by atoms with Crippen LogP contribution in [-0.2, 0) is 11.0 Å². The molecule has 1 heterocycles. The van der Waals surface area contributed by atoms with Crippen molar-refractivity contribution in [2.75, 3.05) is 5.32 Å². The van der Waals surface area contributed by atoms with Gasteiger partial charge in [0, 0.05) is 4.90 Å². The summed E-state index contributed by atoms with van der Waals surface area (Å²) < 4.78 is 37.9. The quantitative estimate of drug-likeness (QED) is 0.830. The molecule has 0 aliphatic carbocycles. The topological polar surface area (TPSA) is 49.3 Å². The van der Waals surface area contributed by atoms with Gasteiger partial charge in [0.1, 0.15) is 6.10 Å². The second-order valence-electron chi connectivity index (χ2n) is 5.09. The maximum Gasteiger partial charge on any atom is 0.416 e. The summed E-state index contributed by atoms with van der Waals surface area (Å²) in [6, 6.07) is 11.5. The Kier molecular flexibility index (Phi) is 4.08. The zero-order valence-corrected chi connectivity index (χ0v) is 12.5. The lowest BCUT2D eigenvalue weighted by Crippen LogP contribution is -2.30. The van der Waals surface area contributed by atoms with Crippen molar-refractivity contribution in [3.63, 3.8) is 0 Å². The number of hydrogen-bond acceptors (Lipinski definition) is 3. The number of benzene rings is 2. The van der Waals surface area contributed by atoms with Gasteiger partial charge in [-0.05, 0) is 29.8 Å². The molecule has 2 aromatic rings. The lowest BCUT2D eigenvalue weighted by atomic mass is 10.0. The predicted octanol–water partition coefficient (Wildman–Crippen LogP) is 3.85. The van der Waals surface area contributed by atoms with E-state index in [9.17, 15) is 23.1 Å². The van der Waals surface area contributed by atoms with Crippen LogP contribution < -0.4 is 5.32 Å². The molecule has 1 amide bonds. The number of alkyl halides is 3. The highest BCUT2D eigenvalue weighted by atomic mass is 32.2. The first-order chi connectivity index (χ1) is 10.9. The minimum Gasteiger partial charge on any atom is -0.382 e. The third-order valence-electron chi connectivity index (χ3n) is 3.52. The Morgan fingerprint density at radius 3 is 2.35 bits per heavy atom. The van der Waals surface area contributed by atoms with E-state index in [1.54, 1.807) is 24.3 Å². The maximum atomic E-state index is 12.6. The SMILES string of the molecule is O=C1Nc2ccccc2SC(c2ccc(C(F)(F)F)cc2)C1O. The summed E-state index contributed by atoms with van der Waals surface area (Å²) in [7, 11) is 0. The highest BCUT2D eigenvalue weighted by molar-refractivity contribution is 7.99. The average molecular weight is 339 g/mol. The van der Waals surface area contributed by atoms with Crippen LogP contribution in [0.15, 0.2) is 53.4 Å². The number of nitrogens with one attached hydrogen (secondary N) is 1. The number of aliphatic hydroxyl groups excluding tert-OH is 1. The molecule has 23 heavy (non-hydrogen) atoms. The number of rotatable bonds is 1. The minimum atomic E-state index is -4.42. The van der Waals surface area contributed by atoms with Crippen molar-refractivity contribution in [3.8, 4) is 0 Å². The summed E-state index contributed by atoms with van der Waals surface area (Å²) in [6.45, 7) is 0. The second-order valence-corrected chi connectivity index (χ2v) is 6.27. The number of para-hydroxylation sites is 1. The molecule has 0 aromatic heterocycles. The molecular weight excluding hydrogens is 327 g/mol. The van der Waals surface area contributed by atoms with Crippen LogP contribution >= 0.6 is 11.8 Å². The van der Waals surface area contributed by atoms with E-state index in [4.69, 9.17) is 0 Å². The van der Waals surface area contributed by atoms with Gasteiger partial charge in [-0.3, -0.25) is 4.79 Å². The molecule has 0 saturated heterocycles. The molecule has 0 bridgehead atoms. The molecule has 0 spiro atoms. The molecule has 0 fully saturated rings. The van der Waals surface area contributed by atoms with Gasteiger partial charge in [-0.1, -0.05) is 24.3 Å². The van der Waals surface area contributed by atoms with Gasteiger partial charge < -0.3 is 10.4 Å². The molecule has 2 unspecified atom stereocenters. The largest absolute Gasteiger partial charge is 0.416 e. The van der Waals surface area contributed by atoms with Crippen LogP contribution in [0.3, 0.4) is 0 Å². The lowest BCUT2D eigenvalue weighted by molar-refractivity contribution is -0.137. The van der Waals surface area contributed by atoms with Crippen LogP contribution in [0.1, 0.15) is 16.4 Å². The summed E-state index contributed by atoms with van der Waals surface area (Å²) >= 11 is 1.24. The Balaban J connectivity index is 1.96. The molecule has 0 saturated carbocycles. The molecule has 3 nitrogen and oxygen atoms in total. The van der Waals surface area contributed by atoms with Crippen LogP contribution in [0.2, 0.25) is 0 Å². The third kappa shape index (κ3) is 3.20. The number of anilines is 1. The van der Waals surface area contributed by atoms with Gasteiger partial charge in [0.15, 0.2) is 0 Å². The monoisotopic (exact) mass is 339 g/mol. The molecule has 2 atom stereocenters. The van der Waals surface area contributed by atoms with Gasteiger partial charge in [-0.15, -0.1) is 11.8 Å². The fourth-order valence-electron chi connectivity index (χ4n) is 2.33. The van der Waals surface area contributed by atoms with Crippen molar-refractivity contribution in [2.24, 2.45) is 0 Å². The smallest absolute Gasteiger partial charge is 0.382 e. The Hall–Kier alpha value is -1.99. The van der Waals surface area contributed by atoms with Crippen molar-refractivity contribution >= 4 is 23.4 Å². The zero-order valence-electron chi connectivity index (χ0n) is 11.7. The number of aliphatic hydroxyl groups is 1. The van der Waals surface area contributed by atoms with Crippen molar-refractivity contribution < 1.29 is 23.1 Å². The fraction of sp³-hybridized carbons (Fsp3) is 0.188. The van der Waals surface area contributed by atoms with Gasteiger partial charge in [0.05, 0.1) is 16.5 Å². The minimum absolute atomic E-state index is 0.461. The molecule has 2 aromatic carbocycles. The summed E-state index contributed by atoms with van der Waals surface area (Å²) in [5.41, 5.74) is 0.275. The summed E-state index contributed by atoms with van der Waals surface area (Å²) in [5, 5.41) is 12.2. The molecule has 3 rings (SSSR count). The summed E-state index contributed by atoms with van der Waals surface area (Å²) in [6.07, 6.45) is -5.78. The van der Waals surface area contributed by atoms with E-state index in [0.717, 1.165) is 17.0 Å². The number of amides is 1. The van der Waals surface area contributed by atoms with Crippen molar-refractivity contribution in [2.45, 2.75) is 22.4 Å². The van der Waals surface area contributed by atoms with Gasteiger partial charge >= 0.3 is 6.18 Å². The van der Waals surface area contributed by atoms with Crippen LogP contribution in [0, 0.1) is 0 Å². The van der Waals surface area contributed by atoms with Gasteiger partial charge in [-0.2, -0.15) is 13.2 Å².